The van der Waals surface area contributed by atoms with Gasteiger partial charge in [0, 0.05) is 17.0 Å². The van der Waals surface area contributed by atoms with Crippen molar-refractivity contribution in [1.29, 1.82) is 0 Å². The third kappa shape index (κ3) is 3.76. The van der Waals surface area contributed by atoms with Crippen molar-refractivity contribution in [3.05, 3.63) is 53.4 Å². The van der Waals surface area contributed by atoms with Crippen molar-refractivity contribution in [1.82, 2.24) is 9.97 Å². The number of hydrogen-bond acceptors (Lipinski definition) is 6. The number of aromatic nitrogens is 2. The fourth-order valence-electron chi connectivity index (χ4n) is 4.31. The Balaban J connectivity index is 1.64. The molecule has 1 aliphatic heterocycles. The predicted molar refractivity (Wildman–Crippen MR) is 109 cm³/mol. The van der Waals surface area contributed by atoms with E-state index in [-0.39, 0.29) is 11.6 Å². The molecule has 3 N–H and O–H groups in total. The molecule has 4 rings (SSSR count). The minimum absolute atomic E-state index is 0.118. The summed E-state index contributed by atoms with van der Waals surface area (Å²) < 4.78 is 40.1. The van der Waals surface area contributed by atoms with Gasteiger partial charge in [0.1, 0.15) is 17.2 Å². The fourth-order valence-corrected chi connectivity index (χ4v) is 5.32. The molecule has 158 valence electrons. The molecule has 1 fully saturated rings. The predicted octanol–water partition coefficient (Wildman–Crippen LogP) is 4.11. The van der Waals surface area contributed by atoms with Crippen molar-refractivity contribution in [2.75, 3.05) is 11.1 Å². The zero-order chi connectivity index (χ0) is 21.5. The number of alkyl halides is 2. The maximum atomic E-state index is 14.9. The monoisotopic (exact) mass is 435 g/mol. The van der Waals surface area contributed by atoms with Crippen LogP contribution in [0.4, 0.5) is 18.9 Å². The number of thioether (sulfide) groups is 1. The lowest BCUT2D eigenvalue weighted by Gasteiger charge is -2.36. The van der Waals surface area contributed by atoms with Crippen molar-refractivity contribution < 1.29 is 18.0 Å². The molecular formula is C20H20F3N5OS. The summed E-state index contributed by atoms with van der Waals surface area (Å²) in [7, 11) is 0. The van der Waals surface area contributed by atoms with Crippen molar-refractivity contribution in [2.24, 2.45) is 22.6 Å². The maximum Gasteiger partial charge on any atom is 0.281 e. The molecule has 30 heavy (non-hydrogen) atoms. The summed E-state index contributed by atoms with van der Waals surface area (Å²) >= 11 is 1.48. The molecule has 0 spiro atoms. The van der Waals surface area contributed by atoms with Crippen LogP contribution in [0.3, 0.4) is 0 Å². The molecule has 3 atom stereocenters. The lowest BCUT2D eigenvalue weighted by Crippen LogP contribution is -2.37. The standard InChI is InChI=1S/C20H20F3N5OS/c1-10-4-11-9-30-19(24)28-20(11,6-10)13-5-12(2-3-14(13)21)27-18(29)16-8-25-15(7-26-16)17(22)23/h2-3,5,7-8,10-11,17H,4,6,9H2,1H3,(H2,24,28)(H,27,29)/t10-,11+,20+/m1/s1. The first-order chi connectivity index (χ1) is 14.3. The van der Waals surface area contributed by atoms with Gasteiger partial charge < -0.3 is 11.1 Å². The molecule has 6 nitrogen and oxygen atoms in total. The molecule has 10 heteroatoms. The molecule has 1 saturated carbocycles. The summed E-state index contributed by atoms with van der Waals surface area (Å²) in [6, 6.07) is 4.30. The smallest absolute Gasteiger partial charge is 0.281 e. The lowest BCUT2D eigenvalue weighted by molar-refractivity contribution is 0.102. The van der Waals surface area contributed by atoms with Crippen molar-refractivity contribution in [3.63, 3.8) is 0 Å². The number of benzene rings is 1. The van der Waals surface area contributed by atoms with E-state index >= 15 is 0 Å². The Morgan fingerprint density at radius 3 is 2.83 bits per heavy atom. The van der Waals surface area contributed by atoms with Gasteiger partial charge in [-0.05, 0) is 42.9 Å². The second kappa shape index (κ2) is 7.90. The summed E-state index contributed by atoms with van der Waals surface area (Å²) in [5.41, 5.74) is 5.36. The van der Waals surface area contributed by atoms with E-state index in [0.29, 0.717) is 28.8 Å². The Labute approximate surface area is 175 Å². The molecule has 0 radical (unpaired) electrons. The summed E-state index contributed by atoms with van der Waals surface area (Å²) in [6.07, 6.45) is 0.672. The number of nitrogens with one attached hydrogen (secondary N) is 1. The van der Waals surface area contributed by atoms with E-state index in [1.54, 1.807) is 6.07 Å². The van der Waals surface area contributed by atoms with Crippen LogP contribution in [0, 0.1) is 17.7 Å². The highest BCUT2D eigenvalue weighted by molar-refractivity contribution is 8.13. The zero-order valence-electron chi connectivity index (χ0n) is 16.1. The number of nitrogens with two attached hydrogens (primary N) is 1. The molecule has 2 aliphatic rings. The van der Waals surface area contributed by atoms with E-state index in [0.717, 1.165) is 24.6 Å². The largest absolute Gasteiger partial charge is 0.379 e. The molecule has 0 saturated heterocycles. The highest BCUT2D eigenvalue weighted by Crippen LogP contribution is 2.53. The molecule has 2 heterocycles. The van der Waals surface area contributed by atoms with Gasteiger partial charge in [0.25, 0.3) is 12.3 Å². The molecule has 1 aromatic heterocycles. The Hall–Kier alpha value is -2.62. The van der Waals surface area contributed by atoms with Crippen molar-refractivity contribution >= 4 is 28.5 Å². The van der Waals surface area contributed by atoms with Gasteiger partial charge in [-0.15, -0.1) is 0 Å². The van der Waals surface area contributed by atoms with Crippen LogP contribution in [0.25, 0.3) is 0 Å². The number of nitrogens with zero attached hydrogens (tertiary/aromatic N) is 3. The van der Waals surface area contributed by atoms with E-state index in [2.05, 4.69) is 27.2 Å². The number of anilines is 1. The van der Waals surface area contributed by atoms with E-state index in [9.17, 15) is 18.0 Å². The van der Waals surface area contributed by atoms with Crippen LogP contribution in [0.5, 0.6) is 0 Å². The molecule has 1 amide bonds. The first-order valence-electron chi connectivity index (χ1n) is 9.48. The van der Waals surface area contributed by atoms with Crippen LogP contribution in [-0.4, -0.2) is 26.8 Å². The summed E-state index contributed by atoms with van der Waals surface area (Å²) in [5, 5.41) is 3.07. The Morgan fingerprint density at radius 1 is 1.33 bits per heavy atom. The zero-order valence-corrected chi connectivity index (χ0v) is 16.9. The first-order valence-corrected chi connectivity index (χ1v) is 10.5. The van der Waals surface area contributed by atoms with Crippen LogP contribution in [0.2, 0.25) is 0 Å². The third-order valence-corrected chi connectivity index (χ3v) is 6.54. The highest BCUT2D eigenvalue weighted by atomic mass is 32.2. The van der Waals surface area contributed by atoms with Gasteiger partial charge in [0.05, 0.1) is 17.9 Å². The Bertz CT molecular complexity index is 1000. The summed E-state index contributed by atoms with van der Waals surface area (Å²) in [6.45, 7) is 2.11. The number of fused-ring (bicyclic) bond motifs is 1. The molecule has 2 aromatic rings. The Kier molecular flexibility index (Phi) is 5.44. The molecule has 0 bridgehead atoms. The number of carbonyl (C=O) groups is 1. The number of amides is 1. The molecule has 1 aromatic carbocycles. The number of hydrogen-bond donors (Lipinski definition) is 2. The number of amidine groups is 1. The number of carbonyl (C=O) groups excluding carboxylic acids is 1. The van der Waals surface area contributed by atoms with Crippen molar-refractivity contribution in [3.8, 4) is 0 Å². The maximum absolute atomic E-state index is 14.9. The average molecular weight is 435 g/mol. The number of halogens is 3. The quantitative estimate of drug-likeness (QED) is 0.754. The second-order valence-electron chi connectivity index (χ2n) is 7.70. The van der Waals surface area contributed by atoms with Gasteiger partial charge in [0.2, 0.25) is 0 Å². The first kappa shape index (κ1) is 20.6. The van der Waals surface area contributed by atoms with Crippen LogP contribution >= 0.6 is 11.8 Å². The topological polar surface area (TPSA) is 93.3 Å². The number of rotatable bonds is 4. The second-order valence-corrected chi connectivity index (χ2v) is 8.74. The SMILES string of the molecule is C[C@@H]1C[C@H]2CSC(N)=N[C@@]2(c2cc(NC(=O)c3cnc(C(F)F)cn3)ccc2F)C1. The van der Waals surface area contributed by atoms with E-state index < -0.39 is 29.4 Å². The third-order valence-electron chi connectivity index (χ3n) is 5.58. The molecular weight excluding hydrogens is 415 g/mol. The lowest BCUT2D eigenvalue weighted by atomic mass is 9.81. The fraction of sp³-hybridized carbons (Fsp3) is 0.400. The van der Waals surface area contributed by atoms with E-state index in [4.69, 9.17) is 5.73 Å². The number of aliphatic imine (C=N–C) groups is 1. The van der Waals surface area contributed by atoms with Gasteiger partial charge in [-0.3, -0.25) is 14.8 Å². The van der Waals surface area contributed by atoms with E-state index in [1.807, 2.05) is 0 Å². The van der Waals surface area contributed by atoms with Crippen LogP contribution in [-0.2, 0) is 5.54 Å². The normalized spacial score (nSPS) is 25.7. The van der Waals surface area contributed by atoms with Crippen molar-refractivity contribution in [2.45, 2.75) is 31.7 Å². The van der Waals surface area contributed by atoms with Gasteiger partial charge in [-0.2, -0.15) is 0 Å². The van der Waals surface area contributed by atoms with Crippen LogP contribution in [0.1, 0.15) is 47.9 Å². The molecule has 1 aliphatic carbocycles. The van der Waals surface area contributed by atoms with Crippen LogP contribution in [0.15, 0.2) is 35.6 Å². The Morgan fingerprint density at radius 2 is 2.13 bits per heavy atom. The average Bonchev–Trinajstić information content (AvgIpc) is 3.05. The minimum atomic E-state index is -2.77. The van der Waals surface area contributed by atoms with Gasteiger partial charge >= 0.3 is 0 Å². The molecule has 0 unspecified atom stereocenters. The minimum Gasteiger partial charge on any atom is -0.379 e. The summed E-state index contributed by atoms with van der Waals surface area (Å²) in [4.78, 5) is 24.4. The van der Waals surface area contributed by atoms with Crippen LogP contribution < -0.4 is 11.1 Å². The summed E-state index contributed by atoms with van der Waals surface area (Å²) in [5.74, 6) is 0.250. The van der Waals surface area contributed by atoms with E-state index in [1.165, 1.54) is 23.9 Å². The highest BCUT2D eigenvalue weighted by Gasteiger charge is 2.50. The van der Waals surface area contributed by atoms with Gasteiger partial charge in [0.15, 0.2) is 5.17 Å². The van der Waals surface area contributed by atoms with Gasteiger partial charge in [-0.1, -0.05) is 18.7 Å². The van der Waals surface area contributed by atoms with Gasteiger partial charge in [-0.25, -0.2) is 18.2 Å².